The third-order valence-corrected chi connectivity index (χ3v) is 7.99. The van der Waals surface area contributed by atoms with Gasteiger partial charge in [-0.2, -0.15) is 5.26 Å². The molecular formula is C30H22BrN3O6. The summed E-state index contributed by atoms with van der Waals surface area (Å²) >= 11 is 3.35. The zero-order valence-corrected chi connectivity index (χ0v) is 23.5. The highest BCUT2D eigenvalue weighted by molar-refractivity contribution is 9.10. The monoisotopic (exact) mass is 599 g/mol. The van der Waals surface area contributed by atoms with Gasteiger partial charge in [-0.15, -0.1) is 0 Å². The van der Waals surface area contributed by atoms with Gasteiger partial charge in [0.05, 0.1) is 16.8 Å². The Morgan fingerprint density at radius 3 is 2.50 bits per heavy atom. The molecule has 10 heteroatoms. The minimum atomic E-state index is -1.99. The molecule has 0 aliphatic carbocycles. The minimum absolute atomic E-state index is 0.0203. The summed E-state index contributed by atoms with van der Waals surface area (Å²) in [6.07, 6.45) is 1.91. The number of rotatable bonds is 2. The topological polar surface area (TPSA) is 136 Å². The molecule has 0 saturated heterocycles. The van der Waals surface area contributed by atoms with Crippen molar-refractivity contribution < 1.29 is 23.5 Å². The summed E-state index contributed by atoms with van der Waals surface area (Å²) in [5, 5.41) is 10.3. The van der Waals surface area contributed by atoms with E-state index in [2.05, 4.69) is 15.9 Å². The molecule has 0 radical (unpaired) electrons. The quantitative estimate of drug-likeness (QED) is 0.326. The lowest BCUT2D eigenvalue weighted by atomic mass is 9.69. The number of nitrogens with zero attached hydrogens (tertiary/aromatic N) is 2. The van der Waals surface area contributed by atoms with Gasteiger partial charge < -0.3 is 24.5 Å². The summed E-state index contributed by atoms with van der Waals surface area (Å²) < 4.78 is 17.7. The number of esters is 1. The van der Waals surface area contributed by atoms with Gasteiger partial charge in [0.1, 0.15) is 34.5 Å². The molecule has 2 aromatic carbocycles. The van der Waals surface area contributed by atoms with E-state index >= 15 is 0 Å². The van der Waals surface area contributed by atoms with E-state index in [1.807, 2.05) is 32.9 Å². The molecule has 1 spiro atoms. The van der Waals surface area contributed by atoms with Crippen LogP contribution in [0.4, 0.5) is 5.69 Å². The third kappa shape index (κ3) is 3.34. The number of hydrogen-bond donors (Lipinski definition) is 1. The fourth-order valence-electron chi connectivity index (χ4n) is 5.96. The summed E-state index contributed by atoms with van der Waals surface area (Å²) in [7, 11) is 0. The molecule has 1 atom stereocenters. The number of ether oxygens (including phenoxy) is 2. The number of fused-ring (bicyclic) bond motifs is 3. The lowest BCUT2D eigenvalue weighted by Gasteiger charge is -2.40. The summed E-state index contributed by atoms with van der Waals surface area (Å²) in [5.41, 5.74) is 4.70. The molecule has 0 saturated carbocycles. The Kier molecular flexibility index (Phi) is 5.41. The van der Waals surface area contributed by atoms with E-state index in [-0.39, 0.29) is 39.8 Å². The molecule has 200 valence electrons. The molecule has 3 aliphatic rings. The van der Waals surface area contributed by atoms with Crippen LogP contribution in [0.1, 0.15) is 53.6 Å². The first-order chi connectivity index (χ1) is 18.9. The van der Waals surface area contributed by atoms with Crippen molar-refractivity contribution in [1.29, 1.82) is 5.26 Å². The van der Waals surface area contributed by atoms with Crippen LogP contribution in [0.25, 0.3) is 5.57 Å². The first-order valence-electron chi connectivity index (χ1n) is 12.3. The molecular weight excluding hydrogens is 578 g/mol. The number of allylic oxidation sites excluding steroid dienone is 1. The van der Waals surface area contributed by atoms with E-state index in [4.69, 9.17) is 19.6 Å². The standard InChI is InChI=1S/C30H22BrN3O6/c1-14-12-29(3,4)34-24-19(14)10-18(39-26(35)16-5-7-17(31)8-6-16)11-20(24)30(28(34)37)21(13-32)25(33)40-22-9-15(2)38-27(36)23(22)30/h5-12H,33H2,1-4H3/t30-/m0/s1. The predicted octanol–water partition coefficient (Wildman–Crippen LogP) is 4.84. The van der Waals surface area contributed by atoms with Gasteiger partial charge in [0.15, 0.2) is 5.41 Å². The molecule has 1 amide bonds. The van der Waals surface area contributed by atoms with Crippen LogP contribution in [0.2, 0.25) is 0 Å². The highest BCUT2D eigenvalue weighted by Crippen LogP contribution is 2.59. The predicted molar refractivity (Wildman–Crippen MR) is 149 cm³/mol. The summed E-state index contributed by atoms with van der Waals surface area (Å²) in [5.74, 6) is -1.09. The molecule has 0 unspecified atom stereocenters. The van der Waals surface area contributed by atoms with Crippen molar-refractivity contribution in [2.24, 2.45) is 5.73 Å². The highest BCUT2D eigenvalue weighted by atomic mass is 79.9. The van der Waals surface area contributed by atoms with Gasteiger partial charge in [0, 0.05) is 21.7 Å². The Hall–Kier alpha value is -4.62. The van der Waals surface area contributed by atoms with Crippen LogP contribution in [-0.2, 0) is 10.2 Å². The largest absolute Gasteiger partial charge is 0.440 e. The van der Waals surface area contributed by atoms with E-state index in [0.717, 1.165) is 10.0 Å². The molecule has 0 bridgehead atoms. The Labute approximate surface area is 237 Å². The third-order valence-electron chi connectivity index (χ3n) is 7.46. The van der Waals surface area contributed by atoms with Crippen molar-refractivity contribution in [3.63, 3.8) is 0 Å². The molecule has 3 aliphatic heterocycles. The van der Waals surface area contributed by atoms with Crippen molar-refractivity contribution in [1.82, 2.24) is 0 Å². The smallest absolute Gasteiger partial charge is 0.344 e. The zero-order valence-electron chi connectivity index (χ0n) is 21.9. The van der Waals surface area contributed by atoms with Gasteiger partial charge in [0.2, 0.25) is 11.8 Å². The van der Waals surface area contributed by atoms with Crippen molar-refractivity contribution in [2.45, 2.75) is 38.6 Å². The number of carbonyl (C=O) groups excluding carboxylic acids is 2. The van der Waals surface area contributed by atoms with Crippen LogP contribution < -0.4 is 25.7 Å². The minimum Gasteiger partial charge on any atom is -0.440 e. The van der Waals surface area contributed by atoms with Crippen LogP contribution >= 0.6 is 15.9 Å². The number of carbonyl (C=O) groups is 2. The lowest BCUT2D eigenvalue weighted by Crippen LogP contribution is -2.54. The number of anilines is 1. The summed E-state index contributed by atoms with van der Waals surface area (Å²) in [4.78, 5) is 42.8. The SMILES string of the molecule is CC1=CC(C)(C)N2C(=O)[C@]3(C(C#N)=C(N)Oc4cc(C)oc(=O)c43)c3cc(OC(=O)c4ccc(Br)cc4)cc1c32. The second kappa shape index (κ2) is 8.44. The fraction of sp³-hybridized carbons (Fsp3) is 0.200. The Morgan fingerprint density at radius 2 is 1.82 bits per heavy atom. The number of nitriles is 1. The number of aryl methyl sites for hydroxylation is 1. The van der Waals surface area contributed by atoms with E-state index in [1.165, 1.54) is 12.1 Å². The number of nitrogens with two attached hydrogens (primary N) is 1. The summed E-state index contributed by atoms with van der Waals surface area (Å²) in [6, 6.07) is 13.3. The molecule has 40 heavy (non-hydrogen) atoms. The molecule has 1 aromatic heterocycles. The molecule has 2 N–H and O–H groups in total. The summed E-state index contributed by atoms with van der Waals surface area (Å²) in [6.45, 7) is 7.17. The second-order valence-electron chi connectivity index (χ2n) is 10.5. The maximum absolute atomic E-state index is 14.7. The fourth-order valence-corrected chi connectivity index (χ4v) is 6.22. The average Bonchev–Trinajstić information content (AvgIpc) is 3.12. The van der Waals surface area contributed by atoms with Gasteiger partial charge in [0.25, 0.3) is 0 Å². The first-order valence-corrected chi connectivity index (χ1v) is 13.1. The van der Waals surface area contributed by atoms with Crippen molar-refractivity contribution >= 4 is 39.1 Å². The van der Waals surface area contributed by atoms with Crippen LogP contribution in [0.5, 0.6) is 11.5 Å². The first kappa shape index (κ1) is 25.6. The van der Waals surface area contributed by atoms with Crippen LogP contribution in [0.15, 0.2) is 73.7 Å². The van der Waals surface area contributed by atoms with Crippen molar-refractivity contribution in [3.05, 3.63) is 103 Å². The zero-order chi connectivity index (χ0) is 28.7. The molecule has 0 fully saturated rings. The van der Waals surface area contributed by atoms with Crippen molar-refractivity contribution in [3.8, 4) is 17.6 Å². The number of benzene rings is 2. The molecule has 6 rings (SSSR count). The number of halogens is 1. The lowest BCUT2D eigenvalue weighted by molar-refractivity contribution is -0.121. The Morgan fingerprint density at radius 1 is 1.12 bits per heavy atom. The van der Waals surface area contributed by atoms with E-state index in [0.29, 0.717) is 16.8 Å². The van der Waals surface area contributed by atoms with Crippen molar-refractivity contribution in [2.75, 3.05) is 4.90 Å². The van der Waals surface area contributed by atoms with Crippen LogP contribution in [-0.4, -0.2) is 17.4 Å². The number of amides is 1. The number of hydrogen-bond acceptors (Lipinski definition) is 8. The van der Waals surface area contributed by atoms with E-state index in [9.17, 15) is 19.6 Å². The van der Waals surface area contributed by atoms with Gasteiger partial charge in [-0.25, -0.2) is 9.59 Å². The average molecular weight is 600 g/mol. The van der Waals surface area contributed by atoms with E-state index < -0.39 is 28.5 Å². The van der Waals surface area contributed by atoms with Gasteiger partial charge >= 0.3 is 11.6 Å². The van der Waals surface area contributed by atoms with Gasteiger partial charge in [-0.05, 0) is 69.7 Å². The molecule has 4 heterocycles. The van der Waals surface area contributed by atoms with Crippen LogP contribution in [0.3, 0.4) is 0 Å². The van der Waals surface area contributed by atoms with Gasteiger partial charge in [-0.3, -0.25) is 4.79 Å². The molecule has 3 aromatic rings. The van der Waals surface area contributed by atoms with Gasteiger partial charge in [-0.1, -0.05) is 22.0 Å². The normalized spacial score (nSPS) is 19.9. The van der Waals surface area contributed by atoms with Crippen LogP contribution in [0, 0.1) is 18.3 Å². The Bertz CT molecular complexity index is 1840. The molecule has 9 nitrogen and oxygen atoms in total. The maximum atomic E-state index is 14.7. The maximum Gasteiger partial charge on any atom is 0.344 e. The Balaban J connectivity index is 1.68. The second-order valence-corrected chi connectivity index (χ2v) is 11.4. The van der Waals surface area contributed by atoms with E-state index in [1.54, 1.807) is 42.2 Å². The highest BCUT2D eigenvalue weighted by Gasteiger charge is 2.64.